The van der Waals surface area contributed by atoms with E-state index in [1.54, 1.807) is 44.4 Å². The van der Waals surface area contributed by atoms with Gasteiger partial charge in [0.05, 0.1) is 38.4 Å². The van der Waals surface area contributed by atoms with Gasteiger partial charge in [-0.05, 0) is 30.7 Å². The first-order chi connectivity index (χ1) is 13.5. The highest BCUT2D eigenvalue weighted by molar-refractivity contribution is 5.85. The molecule has 0 aromatic heterocycles. The largest absolute Gasteiger partial charge is 0.497 e. The molecule has 0 heterocycles. The maximum atomic E-state index is 12.0. The van der Waals surface area contributed by atoms with Crippen molar-refractivity contribution < 1.29 is 23.9 Å². The second-order valence-electron chi connectivity index (χ2n) is 5.58. The molecule has 0 unspecified atom stereocenters. The van der Waals surface area contributed by atoms with Crippen LogP contribution in [0.25, 0.3) is 0 Å². The second-order valence-corrected chi connectivity index (χ2v) is 5.58. The molecule has 9 nitrogen and oxygen atoms in total. The maximum absolute atomic E-state index is 12.0. The SMILES string of the molecule is CCOc1cc(/C=N\NC(=O)Cc2ccc(OC)cc2)cc([N+](=O)[O-])c1OC. The van der Waals surface area contributed by atoms with Gasteiger partial charge in [-0.1, -0.05) is 12.1 Å². The number of hydrazone groups is 1. The average Bonchev–Trinajstić information content (AvgIpc) is 2.68. The molecule has 0 aliphatic heterocycles. The molecule has 0 saturated heterocycles. The lowest BCUT2D eigenvalue weighted by Gasteiger charge is -2.10. The summed E-state index contributed by atoms with van der Waals surface area (Å²) in [7, 11) is 2.90. The summed E-state index contributed by atoms with van der Waals surface area (Å²) in [5, 5.41) is 15.1. The molecule has 0 aliphatic carbocycles. The summed E-state index contributed by atoms with van der Waals surface area (Å²) in [5.41, 5.74) is 3.33. The van der Waals surface area contributed by atoms with Crippen LogP contribution in [0.3, 0.4) is 0 Å². The number of carbonyl (C=O) groups is 1. The van der Waals surface area contributed by atoms with Crippen LogP contribution >= 0.6 is 0 Å². The number of ether oxygens (including phenoxy) is 3. The normalized spacial score (nSPS) is 10.5. The number of nitro groups is 1. The van der Waals surface area contributed by atoms with Crippen LogP contribution in [0.2, 0.25) is 0 Å². The van der Waals surface area contributed by atoms with E-state index in [0.717, 1.165) is 5.56 Å². The quantitative estimate of drug-likeness (QED) is 0.402. The molecule has 2 rings (SSSR count). The highest BCUT2D eigenvalue weighted by Crippen LogP contribution is 2.37. The van der Waals surface area contributed by atoms with Gasteiger partial charge in [0.1, 0.15) is 5.75 Å². The molecule has 0 saturated carbocycles. The Morgan fingerprint density at radius 3 is 2.50 bits per heavy atom. The van der Waals surface area contributed by atoms with Crippen molar-refractivity contribution in [3.05, 3.63) is 57.6 Å². The van der Waals surface area contributed by atoms with E-state index in [0.29, 0.717) is 17.9 Å². The Morgan fingerprint density at radius 2 is 1.93 bits per heavy atom. The minimum Gasteiger partial charge on any atom is -0.497 e. The molecule has 0 fully saturated rings. The second kappa shape index (κ2) is 9.91. The molecule has 0 aliphatic rings. The number of methoxy groups -OCH3 is 2. The monoisotopic (exact) mass is 387 g/mol. The minimum atomic E-state index is -0.569. The number of hydrogen-bond acceptors (Lipinski definition) is 7. The van der Waals surface area contributed by atoms with E-state index >= 15 is 0 Å². The fourth-order valence-corrected chi connectivity index (χ4v) is 2.43. The number of benzene rings is 2. The molecular weight excluding hydrogens is 366 g/mol. The summed E-state index contributed by atoms with van der Waals surface area (Å²) < 4.78 is 15.5. The van der Waals surface area contributed by atoms with Gasteiger partial charge in [-0.2, -0.15) is 5.10 Å². The van der Waals surface area contributed by atoms with Gasteiger partial charge in [-0.25, -0.2) is 5.43 Å². The zero-order chi connectivity index (χ0) is 20.5. The van der Waals surface area contributed by atoms with E-state index in [9.17, 15) is 14.9 Å². The molecule has 2 aromatic rings. The van der Waals surface area contributed by atoms with Crippen LogP contribution < -0.4 is 19.6 Å². The van der Waals surface area contributed by atoms with Crippen LogP contribution in [0.1, 0.15) is 18.1 Å². The first-order valence-corrected chi connectivity index (χ1v) is 8.42. The zero-order valence-electron chi connectivity index (χ0n) is 15.8. The van der Waals surface area contributed by atoms with Gasteiger partial charge in [-0.15, -0.1) is 0 Å². The van der Waals surface area contributed by atoms with Crippen molar-refractivity contribution in [1.82, 2.24) is 5.43 Å². The van der Waals surface area contributed by atoms with Gasteiger partial charge in [-0.3, -0.25) is 14.9 Å². The summed E-state index contributed by atoms with van der Waals surface area (Å²) in [6, 6.07) is 9.93. The third-order valence-electron chi connectivity index (χ3n) is 3.68. The Morgan fingerprint density at radius 1 is 1.21 bits per heavy atom. The number of nitro benzene ring substituents is 1. The summed E-state index contributed by atoms with van der Waals surface area (Å²) in [4.78, 5) is 22.7. The van der Waals surface area contributed by atoms with E-state index < -0.39 is 4.92 Å². The summed E-state index contributed by atoms with van der Waals surface area (Å²) >= 11 is 0. The van der Waals surface area contributed by atoms with Gasteiger partial charge in [0.15, 0.2) is 5.75 Å². The number of rotatable bonds is 9. The summed E-state index contributed by atoms with van der Waals surface area (Å²) in [6.45, 7) is 2.07. The minimum absolute atomic E-state index is 0.0348. The van der Waals surface area contributed by atoms with E-state index in [1.807, 2.05) is 0 Å². The predicted octanol–water partition coefficient (Wildman–Crippen LogP) is 2.70. The van der Waals surface area contributed by atoms with Crippen molar-refractivity contribution in [2.45, 2.75) is 13.3 Å². The third kappa shape index (κ3) is 5.44. The average molecular weight is 387 g/mol. The van der Waals surface area contributed by atoms with Gasteiger partial charge in [0, 0.05) is 11.6 Å². The smallest absolute Gasteiger partial charge is 0.315 e. The van der Waals surface area contributed by atoms with Crippen molar-refractivity contribution in [1.29, 1.82) is 0 Å². The molecule has 0 radical (unpaired) electrons. The maximum Gasteiger partial charge on any atom is 0.315 e. The number of nitrogens with one attached hydrogen (secondary N) is 1. The van der Waals surface area contributed by atoms with Gasteiger partial charge >= 0.3 is 5.69 Å². The Kier molecular flexibility index (Phi) is 7.32. The van der Waals surface area contributed by atoms with Gasteiger partial charge < -0.3 is 14.2 Å². The first-order valence-electron chi connectivity index (χ1n) is 8.42. The van der Waals surface area contributed by atoms with E-state index in [1.165, 1.54) is 19.4 Å². The Labute approximate surface area is 162 Å². The van der Waals surface area contributed by atoms with Crippen LogP contribution in [0.4, 0.5) is 5.69 Å². The van der Waals surface area contributed by atoms with Crippen LogP contribution in [0, 0.1) is 10.1 Å². The molecule has 28 heavy (non-hydrogen) atoms. The Bertz CT molecular complexity index is 865. The summed E-state index contributed by atoms with van der Waals surface area (Å²) in [5.74, 6) is 0.639. The Balaban J connectivity index is 2.09. The van der Waals surface area contributed by atoms with Crippen molar-refractivity contribution in [3.8, 4) is 17.2 Å². The molecule has 0 spiro atoms. The van der Waals surface area contributed by atoms with Crippen molar-refractivity contribution in [2.24, 2.45) is 5.10 Å². The first kappa shape index (κ1) is 20.7. The summed E-state index contributed by atoms with van der Waals surface area (Å²) in [6.07, 6.45) is 1.44. The standard InChI is InChI=1S/C19H21N3O6/c1-4-28-17-10-14(9-16(22(24)25)19(17)27-3)12-20-21-18(23)11-13-5-7-15(26-2)8-6-13/h5-10,12H,4,11H2,1-3H3,(H,21,23)/b20-12-. The molecule has 2 aromatic carbocycles. The van der Waals surface area contributed by atoms with Crippen molar-refractivity contribution in [3.63, 3.8) is 0 Å². The molecule has 0 bridgehead atoms. The lowest BCUT2D eigenvalue weighted by atomic mass is 10.1. The van der Waals surface area contributed by atoms with E-state index in [4.69, 9.17) is 14.2 Å². The zero-order valence-corrected chi connectivity index (χ0v) is 15.8. The topological polar surface area (TPSA) is 112 Å². The fourth-order valence-electron chi connectivity index (χ4n) is 2.43. The van der Waals surface area contributed by atoms with Crippen LogP contribution in [0.15, 0.2) is 41.5 Å². The Hall–Kier alpha value is -3.62. The molecule has 0 atom stereocenters. The van der Waals surface area contributed by atoms with E-state index in [2.05, 4.69) is 10.5 Å². The van der Waals surface area contributed by atoms with Crippen LogP contribution in [-0.2, 0) is 11.2 Å². The number of amides is 1. The fraction of sp³-hybridized carbons (Fsp3) is 0.263. The van der Waals surface area contributed by atoms with E-state index in [-0.39, 0.29) is 29.5 Å². The third-order valence-corrected chi connectivity index (χ3v) is 3.68. The number of carbonyl (C=O) groups excluding carboxylic acids is 1. The predicted molar refractivity (Wildman–Crippen MR) is 103 cm³/mol. The molecule has 1 N–H and O–H groups in total. The van der Waals surface area contributed by atoms with Crippen molar-refractivity contribution in [2.75, 3.05) is 20.8 Å². The molecule has 9 heteroatoms. The highest BCUT2D eigenvalue weighted by Gasteiger charge is 2.21. The van der Waals surface area contributed by atoms with Crippen LogP contribution in [0.5, 0.6) is 17.2 Å². The molecular formula is C19H21N3O6. The lowest BCUT2D eigenvalue weighted by molar-refractivity contribution is -0.385. The van der Waals surface area contributed by atoms with Gasteiger partial charge in [0.25, 0.3) is 0 Å². The highest BCUT2D eigenvalue weighted by atomic mass is 16.6. The molecule has 1 amide bonds. The molecule has 148 valence electrons. The number of hydrogen-bond donors (Lipinski definition) is 1. The number of nitrogens with zero attached hydrogens (tertiary/aromatic N) is 2. The van der Waals surface area contributed by atoms with Gasteiger partial charge in [0.2, 0.25) is 11.7 Å². The lowest BCUT2D eigenvalue weighted by Crippen LogP contribution is -2.19. The van der Waals surface area contributed by atoms with Crippen LogP contribution in [-0.4, -0.2) is 37.9 Å². The van der Waals surface area contributed by atoms with Crippen molar-refractivity contribution >= 4 is 17.8 Å².